The van der Waals surface area contributed by atoms with E-state index in [2.05, 4.69) is 32.6 Å². The molecule has 1 fully saturated rings. The maximum absolute atomic E-state index is 12.5. The Hall–Kier alpha value is -3.16. The molecule has 0 atom stereocenters. The molecule has 140 valence electrons. The summed E-state index contributed by atoms with van der Waals surface area (Å²) in [6.45, 7) is 0.924. The molecule has 8 nitrogen and oxygen atoms in total. The molecule has 2 heterocycles. The number of benzene rings is 1. The fourth-order valence-corrected chi connectivity index (χ4v) is 3.30. The summed E-state index contributed by atoms with van der Waals surface area (Å²) in [6, 6.07) is 10.2. The zero-order chi connectivity index (χ0) is 18.9. The van der Waals surface area contributed by atoms with Gasteiger partial charge in [-0.15, -0.1) is 10.2 Å². The molecule has 0 unspecified atom stereocenters. The van der Waals surface area contributed by atoms with Crippen molar-refractivity contribution in [2.75, 3.05) is 13.6 Å². The van der Waals surface area contributed by atoms with Gasteiger partial charge in [-0.25, -0.2) is 4.79 Å². The van der Waals surface area contributed by atoms with E-state index in [1.165, 1.54) is 11.8 Å². The number of hydrogen-bond acceptors (Lipinski definition) is 4. The number of H-pyrrole nitrogens is 1. The summed E-state index contributed by atoms with van der Waals surface area (Å²) in [6.07, 6.45) is 6.45. The number of urea groups is 1. The van der Waals surface area contributed by atoms with Crippen LogP contribution in [0.4, 0.5) is 4.79 Å². The van der Waals surface area contributed by atoms with Gasteiger partial charge in [0.05, 0.1) is 6.54 Å². The van der Waals surface area contributed by atoms with Gasteiger partial charge in [0.2, 0.25) is 5.65 Å². The van der Waals surface area contributed by atoms with E-state index < -0.39 is 0 Å². The predicted molar refractivity (Wildman–Crippen MR) is 100 cm³/mol. The van der Waals surface area contributed by atoms with Gasteiger partial charge in [0.15, 0.2) is 5.82 Å². The fraction of sp³-hybridized carbons (Fsp3) is 0.368. The van der Waals surface area contributed by atoms with Gasteiger partial charge < -0.3 is 15.2 Å². The SMILES string of the molecule is CN(Cc1nnc2c(=O)[nH]ccn12)C(=O)NCC1(Cc2ccccc2)CC1. The molecule has 3 aromatic rings. The maximum Gasteiger partial charge on any atom is 0.317 e. The molecule has 1 aliphatic carbocycles. The molecular weight excluding hydrogens is 344 g/mol. The predicted octanol–water partition coefficient (Wildman–Crippen LogP) is 1.58. The first kappa shape index (κ1) is 17.3. The molecule has 1 aliphatic rings. The monoisotopic (exact) mass is 366 g/mol. The van der Waals surface area contributed by atoms with Gasteiger partial charge in [-0.05, 0) is 30.2 Å². The summed E-state index contributed by atoms with van der Waals surface area (Å²) in [5, 5.41) is 10.9. The Balaban J connectivity index is 1.35. The van der Waals surface area contributed by atoms with Crippen LogP contribution in [-0.2, 0) is 13.0 Å². The Morgan fingerprint density at radius 3 is 2.81 bits per heavy atom. The van der Waals surface area contributed by atoms with Crippen LogP contribution in [0.1, 0.15) is 24.2 Å². The van der Waals surface area contributed by atoms with E-state index in [1.54, 1.807) is 22.5 Å². The van der Waals surface area contributed by atoms with Crippen molar-refractivity contribution in [1.29, 1.82) is 0 Å². The quantitative estimate of drug-likeness (QED) is 0.692. The van der Waals surface area contributed by atoms with E-state index >= 15 is 0 Å². The lowest BCUT2D eigenvalue weighted by Crippen LogP contribution is -2.40. The van der Waals surface area contributed by atoms with Crippen LogP contribution in [0, 0.1) is 5.41 Å². The number of nitrogens with zero attached hydrogens (tertiary/aromatic N) is 4. The minimum atomic E-state index is -0.306. The normalized spacial score (nSPS) is 14.9. The average Bonchev–Trinajstić information content (AvgIpc) is 3.32. The molecule has 0 aliphatic heterocycles. The summed E-state index contributed by atoms with van der Waals surface area (Å²) in [7, 11) is 1.71. The number of aromatic nitrogens is 4. The third-order valence-corrected chi connectivity index (χ3v) is 5.13. The van der Waals surface area contributed by atoms with E-state index in [-0.39, 0.29) is 29.2 Å². The average molecular weight is 366 g/mol. The topological polar surface area (TPSA) is 95.4 Å². The Morgan fingerprint density at radius 2 is 2.07 bits per heavy atom. The number of rotatable bonds is 6. The minimum Gasteiger partial charge on any atom is -0.337 e. The van der Waals surface area contributed by atoms with E-state index in [9.17, 15) is 9.59 Å². The minimum absolute atomic E-state index is 0.157. The number of carbonyl (C=O) groups is 1. The van der Waals surface area contributed by atoms with Crippen molar-refractivity contribution >= 4 is 11.7 Å². The van der Waals surface area contributed by atoms with Crippen molar-refractivity contribution in [3.8, 4) is 0 Å². The molecule has 2 aromatic heterocycles. The summed E-state index contributed by atoms with van der Waals surface area (Å²) < 4.78 is 1.60. The number of aromatic amines is 1. The first-order valence-corrected chi connectivity index (χ1v) is 9.01. The molecule has 1 saturated carbocycles. The first-order valence-electron chi connectivity index (χ1n) is 9.01. The lowest BCUT2D eigenvalue weighted by molar-refractivity contribution is 0.202. The summed E-state index contributed by atoms with van der Waals surface area (Å²) in [5.74, 6) is 0.541. The third kappa shape index (κ3) is 3.69. The van der Waals surface area contributed by atoms with Crippen molar-refractivity contribution in [2.45, 2.75) is 25.8 Å². The molecule has 4 rings (SSSR count). The second-order valence-corrected chi connectivity index (χ2v) is 7.28. The Kier molecular flexibility index (Phi) is 4.39. The molecule has 27 heavy (non-hydrogen) atoms. The largest absolute Gasteiger partial charge is 0.337 e. The van der Waals surface area contributed by atoms with Gasteiger partial charge >= 0.3 is 6.03 Å². The summed E-state index contributed by atoms with van der Waals surface area (Å²) in [4.78, 5) is 28.3. The van der Waals surface area contributed by atoms with Crippen LogP contribution in [0.25, 0.3) is 5.65 Å². The molecular formula is C19H22N6O2. The Labute approximate surface area is 156 Å². The highest BCUT2D eigenvalue weighted by Gasteiger charge is 2.42. The molecule has 0 saturated heterocycles. The number of carbonyl (C=O) groups excluding carboxylic acids is 1. The molecule has 0 spiro atoms. The van der Waals surface area contributed by atoms with Gasteiger partial charge in [0.1, 0.15) is 0 Å². The molecule has 2 amide bonds. The van der Waals surface area contributed by atoms with Gasteiger partial charge in [0.25, 0.3) is 5.56 Å². The van der Waals surface area contributed by atoms with E-state index in [0.29, 0.717) is 12.4 Å². The van der Waals surface area contributed by atoms with Crippen LogP contribution in [0.5, 0.6) is 0 Å². The number of fused-ring (bicyclic) bond motifs is 1. The number of amides is 2. The third-order valence-electron chi connectivity index (χ3n) is 5.13. The van der Waals surface area contributed by atoms with Crippen molar-refractivity contribution in [1.82, 2.24) is 29.8 Å². The summed E-state index contributed by atoms with van der Waals surface area (Å²) in [5.41, 5.74) is 1.39. The molecule has 8 heteroatoms. The molecule has 0 bridgehead atoms. The van der Waals surface area contributed by atoms with Gasteiger partial charge in [-0.3, -0.25) is 9.20 Å². The van der Waals surface area contributed by atoms with Gasteiger partial charge in [-0.1, -0.05) is 30.3 Å². The lowest BCUT2D eigenvalue weighted by Gasteiger charge is -2.21. The van der Waals surface area contributed by atoms with Crippen molar-refractivity contribution in [3.05, 3.63) is 64.5 Å². The molecule has 1 aromatic carbocycles. The first-order chi connectivity index (χ1) is 13.1. The van der Waals surface area contributed by atoms with Gasteiger partial charge in [-0.2, -0.15) is 0 Å². The zero-order valence-corrected chi connectivity index (χ0v) is 15.2. The van der Waals surface area contributed by atoms with Crippen LogP contribution in [-0.4, -0.2) is 44.1 Å². The fourth-order valence-electron chi connectivity index (χ4n) is 3.30. The van der Waals surface area contributed by atoms with Crippen LogP contribution in [0.3, 0.4) is 0 Å². The van der Waals surface area contributed by atoms with Crippen LogP contribution in [0.15, 0.2) is 47.5 Å². The molecule has 0 radical (unpaired) electrons. The highest BCUT2D eigenvalue weighted by atomic mass is 16.2. The second kappa shape index (κ2) is 6.86. The lowest BCUT2D eigenvalue weighted by atomic mass is 9.96. The molecule has 2 N–H and O–H groups in total. The van der Waals surface area contributed by atoms with Crippen molar-refractivity contribution in [3.63, 3.8) is 0 Å². The van der Waals surface area contributed by atoms with Crippen LogP contribution < -0.4 is 10.9 Å². The zero-order valence-electron chi connectivity index (χ0n) is 15.2. The second-order valence-electron chi connectivity index (χ2n) is 7.28. The van der Waals surface area contributed by atoms with Crippen LogP contribution >= 0.6 is 0 Å². The summed E-state index contributed by atoms with van der Waals surface area (Å²) >= 11 is 0. The highest BCUT2D eigenvalue weighted by Crippen LogP contribution is 2.47. The Bertz CT molecular complexity index is 1010. The smallest absolute Gasteiger partial charge is 0.317 e. The maximum atomic E-state index is 12.5. The number of hydrogen-bond donors (Lipinski definition) is 2. The van der Waals surface area contributed by atoms with E-state index in [0.717, 1.165) is 19.3 Å². The van der Waals surface area contributed by atoms with Crippen molar-refractivity contribution in [2.24, 2.45) is 5.41 Å². The van der Waals surface area contributed by atoms with E-state index in [1.807, 2.05) is 18.2 Å². The van der Waals surface area contributed by atoms with E-state index in [4.69, 9.17) is 0 Å². The Morgan fingerprint density at radius 1 is 1.30 bits per heavy atom. The number of nitrogens with one attached hydrogen (secondary N) is 2. The van der Waals surface area contributed by atoms with Crippen molar-refractivity contribution < 1.29 is 4.79 Å². The van der Waals surface area contributed by atoms with Crippen LogP contribution in [0.2, 0.25) is 0 Å². The highest BCUT2D eigenvalue weighted by molar-refractivity contribution is 5.73. The standard InChI is InChI=1S/C19H22N6O2/c1-24(12-15-22-23-16-17(26)20-9-10-25(15)16)18(27)21-13-19(7-8-19)11-14-5-3-2-4-6-14/h2-6,9-10H,7-8,11-13H2,1H3,(H,20,26)(H,21,27). The van der Waals surface area contributed by atoms with Gasteiger partial charge in [0, 0.05) is 26.0 Å².